The number of hydrogen-bond donors (Lipinski definition) is 4. The number of carbonyl (C=O) groups is 1. The van der Waals surface area contributed by atoms with Crippen LogP contribution in [0, 0.1) is 0 Å². The highest BCUT2D eigenvalue weighted by molar-refractivity contribution is 6.33. The summed E-state index contributed by atoms with van der Waals surface area (Å²) in [5, 5.41) is 19.8. The molecule has 33 heavy (non-hydrogen) atoms. The minimum Gasteiger partial charge on any atom is -0.477 e. The molecule has 1 saturated heterocycles. The Morgan fingerprint density at radius 3 is 2.36 bits per heavy atom. The van der Waals surface area contributed by atoms with Crippen molar-refractivity contribution in [1.29, 1.82) is 0 Å². The zero-order chi connectivity index (χ0) is 22.8. The average molecular weight is 465 g/mol. The third-order valence-electron chi connectivity index (χ3n) is 6.00. The number of anilines is 4. The number of nitrogens with zero attached hydrogens (tertiary/aromatic N) is 3. The molecule has 2 aromatic carbocycles. The van der Waals surface area contributed by atoms with Crippen molar-refractivity contribution in [2.45, 2.75) is 12.3 Å². The maximum Gasteiger partial charge on any atom is 0.372 e. The van der Waals surface area contributed by atoms with Gasteiger partial charge >= 0.3 is 5.97 Å². The number of para-hydroxylation sites is 3. The molecule has 8 nitrogen and oxygen atoms in total. The molecule has 0 spiro atoms. The fourth-order valence-corrected chi connectivity index (χ4v) is 4.56. The van der Waals surface area contributed by atoms with Crippen LogP contribution in [-0.4, -0.2) is 52.9 Å². The number of aromatic nitrogens is 1. The minimum absolute atomic E-state index is 0.484. The van der Waals surface area contributed by atoms with Gasteiger partial charge in [0.1, 0.15) is 5.82 Å². The molecule has 5 rings (SSSR count). The first kappa shape index (κ1) is 21.4. The third-order valence-corrected chi connectivity index (χ3v) is 6.32. The molecule has 3 heterocycles. The number of pyridine rings is 1. The van der Waals surface area contributed by atoms with Crippen molar-refractivity contribution >= 4 is 40.5 Å². The molecule has 0 amide bonds. The third kappa shape index (κ3) is 4.40. The van der Waals surface area contributed by atoms with Crippen molar-refractivity contribution in [1.82, 2.24) is 9.88 Å². The van der Waals surface area contributed by atoms with Gasteiger partial charge in [-0.2, -0.15) is 0 Å². The van der Waals surface area contributed by atoms with E-state index in [0.29, 0.717) is 5.82 Å². The van der Waals surface area contributed by atoms with Gasteiger partial charge in [-0.15, -0.1) is 0 Å². The van der Waals surface area contributed by atoms with Gasteiger partial charge < -0.3 is 26.0 Å². The Kier molecular flexibility index (Phi) is 5.70. The summed E-state index contributed by atoms with van der Waals surface area (Å²) < 4.78 is 0. The van der Waals surface area contributed by atoms with Crippen LogP contribution >= 0.6 is 11.6 Å². The zero-order valence-electron chi connectivity index (χ0n) is 18.0. The SMILES string of the molecule is O=C(O)C1(Nc2cc(CN3CCN(c4ccccc4Cl)CC3)ccn2)Nc2ccccc2N1. The van der Waals surface area contributed by atoms with E-state index in [1.165, 1.54) is 0 Å². The number of hydrogen-bond acceptors (Lipinski definition) is 7. The Morgan fingerprint density at radius 2 is 1.70 bits per heavy atom. The molecule has 0 atom stereocenters. The summed E-state index contributed by atoms with van der Waals surface area (Å²) in [4.78, 5) is 21.2. The van der Waals surface area contributed by atoms with Gasteiger partial charge in [-0.1, -0.05) is 35.9 Å². The predicted molar refractivity (Wildman–Crippen MR) is 131 cm³/mol. The molecule has 0 unspecified atom stereocenters. The van der Waals surface area contributed by atoms with Crippen LogP contribution in [0.15, 0.2) is 66.9 Å². The number of aliphatic carboxylic acids is 1. The van der Waals surface area contributed by atoms with Crippen LogP contribution in [0.5, 0.6) is 0 Å². The van der Waals surface area contributed by atoms with Gasteiger partial charge in [-0.3, -0.25) is 4.90 Å². The lowest BCUT2D eigenvalue weighted by molar-refractivity contribution is -0.140. The zero-order valence-corrected chi connectivity index (χ0v) is 18.7. The van der Waals surface area contributed by atoms with Gasteiger partial charge in [0.2, 0.25) is 0 Å². The molecule has 3 aromatic rings. The first-order valence-electron chi connectivity index (χ1n) is 10.9. The monoisotopic (exact) mass is 464 g/mol. The first-order valence-corrected chi connectivity index (χ1v) is 11.2. The van der Waals surface area contributed by atoms with Crippen LogP contribution in [0.1, 0.15) is 5.56 Å². The lowest BCUT2D eigenvalue weighted by Crippen LogP contribution is -2.56. The maximum atomic E-state index is 12.1. The smallest absolute Gasteiger partial charge is 0.372 e. The Hall–Kier alpha value is -3.49. The van der Waals surface area contributed by atoms with E-state index in [9.17, 15) is 9.90 Å². The van der Waals surface area contributed by atoms with Gasteiger partial charge in [-0.25, -0.2) is 9.78 Å². The molecule has 0 aliphatic carbocycles. The van der Waals surface area contributed by atoms with Gasteiger partial charge in [0, 0.05) is 38.9 Å². The number of benzene rings is 2. The van der Waals surface area contributed by atoms with Crippen LogP contribution in [0.3, 0.4) is 0 Å². The van der Waals surface area contributed by atoms with E-state index in [-0.39, 0.29) is 0 Å². The summed E-state index contributed by atoms with van der Waals surface area (Å²) in [6.07, 6.45) is 1.70. The molecule has 2 aliphatic heterocycles. The van der Waals surface area contributed by atoms with Crippen LogP contribution in [0.2, 0.25) is 5.02 Å². The fourth-order valence-electron chi connectivity index (χ4n) is 4.31. The topological polar surface area (TPSA) is 92.8 Å². The highest BCUT2D eigenvalue weighted by Crippen LogP contribution is 2.34. The molecule has 1 fully saturated rings. The van der Waals surface area contributed by atoms with E-state index in [1.54, 1.807) is 6.20 Å². The second kappa shape index (κ2) is 8.80. The minimum atomic E-state index is -1.56. The normalized spacial score (nSPS) is 17.1. The van der Waals surface area contributed by atoms with E-state index < -0.39 is 11.8 Å². The summed E-state index contributed by atoms with van der Waals surface area (Å²) >= 11 is 6.35. The van der Waals surface area contributed by atoms with E-state index >= 15 is 0 Å². The van der Waals surface area contributed by atoms with Crippen LogP contribution in [0.25, 0.3) is 0 Å². The largest absolute Gasteiger partial charge is 0.477 e. The lowest BCUT2D eigenvalue weighted by Gasteiger charge is -2.36. The molecule has 1 aromatic heterocycles. The van der Waals surface area contributed by atoms with Crippen molar-refractivity contribution in [2.75, 3.05) is 47.0 Å². The average Bonchev–Trinajstić information content (AvgIpc) is 3.20. The van der Waals surface area contributed by atoms with Crippen LogP contribution in [-0.2, 0) is 11.3 Å². The van der Waals surface area contributed by atoms with Crippen molar-refractivity contribution in [3.8, 4) is 0 Å². The van der Waals surface area contributed by atoms with Crippen molar-refractivity contribution in [3.05, 3.63) is 77.4 Å². The second-order valence-corrected chi connectivity index (χ2v) is 8.65. The van der Waals surface area contributed by atoms with Gasteiger partial charge in [-0.05, 0) is 42.0 Å². The molecule has 4 N–H and O–H groups in total. The first-order chi connectivity index (χ1) is 16.0. The molecule has 0 bridgehead atoms. The number of fused-ring (bicyclic) bond motifs is 1. The van der Waals surface area contributed by atoms with Crippen LogP contribution < -0.4 is 20.9 Å². The van der Waals surface area contributed by atoms with Crippen molar-refractivity contribution in [2.24, 2.45) is 0 Å². The van der Waals surface area contributed by atoms with Crippen LogP contribution in [0.4, 0.5) is 22.9 Å². The summed E-state index contributed by atoms with van der Waals surface area (Å²) in [6.45, 7) is 4.37. The number of piperazine rings is 1. The molecular weight excluding hydrogens is 440 g/mol. The summed E-state index contributed by atoms with van der Waals surface area (Å²) in [7, 11) is 0. The lowest BCUT2D eigenvalue weighted by atomic mass is 10.2. The Labute approximate surface area is 197 Å². The summed E-state index contributed by atoms with van der Waals surface area (Å²) in [6, 6.07) is 19.2. The highest BCUT2D eigenvalue weighted by Gasteiger charge is 2.44. The predicted octanol–water partition coefficient (Wildman–Crippen LogP) is 3.75. The van der Waals surface area contributed by atoms with Gasteiger partial charge in [0.25, 0.3) is 5.79 Å². The molecule has 9 heteroatoms. The van der Waals surface area contributed by atoms with E-state index in [4.69, 9.17) is 11.6 Å². The number of halogens is 1. The van der Waals surface area contributed by atoms with Gasteiger partial charge in [0.05, 0.1) is 22.1 Å². The fraction of sp³-hybridized carbons (Fsp3) is 0.250. The molecule has 2 aliphatic rings. The molecule has 0 radical (unpaired) electrons. The Morgan fingerprint density at radius 1 is 1.03 bits per heavy atom. The van der Waals surface area contributed by atoms with Crippen molar-refractivity contribution < 1.29 is 9.90 Å². The second-order valence-electron chi connectivity index (χ2n) is 8.24. The number of nitrogens with one attached hydrogen (secondary N) is 3. The quantitative estimate of drug-likeness (QED) is 0.438. The van der Waals surface area contributed by atoms with E-state index in [2.05, 4.69) is 36.8 Å². The highest BCUT2D eigenvalue weighted by atomic mass is 35.5. The van der Waals surface area contributed by atoms with E-state index in [0.717, 1.165) is 60.4 Å². The number of carboxylic acid groups (broad SMARTS) is 1. The van der Waals surface area contributed by atoms with Gasteiger partial charge in [0.15, 0.2) is 0 Å². The molecular formula is C24H25ClN6O2. The Bertz CT molecular complexity index is 1140. The van der Waals surface area contributed by atoms with Crippen molar-refractivity contribution in [3.63, 3.8) is 0 Å². The number of rotatable bonds is 6. The molecule has 0 saturated carbocycles. The maximum absolute atomic E-state index is 12.1. The Balaban J connectivity index is 1.24. The molecule has 170 valence electrons. The summed E-state index contributed by atoms with van der Waals surface area (Å²) in [5.41, 5.74) is 3.58. The standard InChI is InChI=1S/C24H25ClN6O2/c25-18-5-1-4-8-21(18)31-13-11-30(12-14-31)16-17-9-10-26-22(15-17)29-24(23(32)33)27-19-6-2-3-7-20(19)28-24/h1-10,15,27-28H,11-14,16H2,(H,26,29)(H,32,33). The summed E-state index contributed by atoms with van der Waals surface area (Å²) in [5.74, 6) is -2.14. The van der Waals surface area contributed by atoms with E-state index in [1.807, 2.05) is 54.6 Å². The number of carboxylic acids is 1.